The Hall–Kier alpha value is -0.240. The highest BCUT2D eigenvalue weighted by atomic mass is 35.5. The molecular weight excluding hydrogens is 181 g/mol. The lowest BCUT2D eigenvalue weighted by Gasteiger charge is -1.98. The first-order valence-corrected chi connectivity index (χ1v) is 3.95. The molecule has 2 N–H and O–H groups in total. The summed E-state index contributed by atoms with van der Waals surface area (Å²) in [7, 11) is 0. The van der Waals surface area contributed by atoms with Gasteiger partial charge in [-0.3, -0.25) is 0 Å². The van der Waals surface area contributed by atoms with Crippen LogP contribution in [0.3, 0.4) is 0 Å². The van der Waals surface area contributed by atoms with Crippen molar-refractivity contribution in [3.05, 3.63) is 34.9 Å². The number of halogens is 2. The van der Waals surface area contributed by atoms with Crippen LogP contribution in [0, 0.1) is 0 Å². The molecule has 0 fully saturated rings. The molecule has 0 aliphatic carbocycles. The summed E-state index contributed by atoms with van der Waals surface area (Å²) in [6.45, 7) is 5.30. The predicted octanol–water partition coefficient (Wildman–Crippen LogP) is 2.76. The monoisotopic (exact) mass is 191 g/mol. The summed E-state index contributed by atoms with van der Waals surface area (Å²) in [6.07, 6.45) is 4.85. The van der Waals surface area contributed by atoms with Gasteiger partial charge in [-0.05, 0) is 19.1 Å². The Morgan fingerprint density at radius 1 is 1.45 bits per heavy atom. The van der Waals surface area contributed by atoms with Crippen LogP contribution in [0.1, 0.15) is 6.92 Å². The third-order valence-electron chi connectivity index (χ3n) is 0.902. The molecule has 0 heterocycles. The predicted molar refractivity (Wildman–Crippen MR) is 51.7 cm³/mol. The van der Waals surface area contributed by atoms with Crippen molar-refractivity contribution in [2.24, 2.45) is 5.73 Å². The van der Waals surface area contributed by atoms with E-state index in [1.807, 2.05) is 6.92 Å². The highest BCUT2D eigenvalue weighted by Crippen LogP contribution is 2.18. The quantitative estimate of drug-likeness (QED) is 0.683. The number of allylic oxidation sites excluding steroid dienone is 4. The number of rotatable bonds is 3. The largest absolute Gasteiger partial charge is 0.325 e. The molecule has 0 aliphatic heterocycles. The van der Waals surface area contributed by atoms with E-state index in [-0.39, 0.29) is 6.04 Å². The van der Waals surface area contributed by atoms with Crippen LogP contribution in [0.2, 0.25) is 0 Å². The number of nitrogens with two attached hydrogens (primary N) is 1. The zero-order valence-corrected chi connectivity index (χ0v) is 7.86. The van der Waals surface area contributed by atoms with E-state index in [1.54, 1.807) is 18.2 Å². The summed E-state index contributed by atoms with van der Waals surface area (Å²) in [6, 6.07) is -0.0885. The molecule has 0 spiro atoms. The molecule has 0 aromatic carbocycles. The summed E-state index contributed by atoms with van der Waals surface area (Å²) >= 11 is 11.4. The van der Waals surface area contributed by atoms with E-state index in [9.17, 15) is 0 Å². The van der Waals surface area contributed by atoms with Gasteiger partial charge in [0.15, 0.2) is 0 Å². The molecule has 1 nitrogen and oxygen atoms in total. The third kappa shape index (κ3) is 5.08. The van der Waals surface area contributed by atoms with Crippen molar-refractivity contribution in [3.63, 3.8) is 0 Å². The average molecular weight is 192 g/mol. The van der Waals surface area contributed by atoms with Crippen LogP contribution in [-0.4, -0.2) is 6.04 Å². The fourth-order valence-corrected chi connectivity index (χ4v) is 0.907. The van der Waals surface area contributed by atoms with Crippen LogP contribution < -0.4 is 5.73 Å². The molecule has 0 aromatic heterocycles. The lowest BCUT2D eigenvalue weighted by atomic mass is 10.3. The Balaban J connectivity index is 4.34. The summed E-state index contributed by atoms with van der Waals surface area (Å²) in [5.41, 5.74) is 5.45. The number of hydrogen-bond acceptors (Lipinski definition) is 1. The molecule has 1 atom stereocenters. The van der Waals surface area contributed by atoms with Crippen LogP contribution in [0.5, 0.6) is 0 Å². The molecule has 0 aliphatic rings. The Morgan fingerprint density at radius 3 is 2.36 bits per heavy atom. The van der Waals surface area contributed by atoms with Gasteiger partial charge in [-0.15, -0.1) is 0 Å². The standard InChI is InChI=1S/C8H11Cl2N/c1-3-4-7(9)8(10)5-6(2)11/h3-6H,1,11H2,2H3/b7-4+,8-5+. The first kappa shape index (κ1) is 10.8. The van der Waals surface area contributed by atoms with Gasteiger partial charge in [0.1, 0.15) is 0 Å². The second-order valence-electron chi connectivity index (χ2n) is 2.12. The lowest BCUT2D eigenvalue weighted by molar-refractivity contribution is 0.924. The van der Waals surface area contributed by atoms with Crippen LogP contribution >= 0.6 is 23.2 Å². The molecule has 0 bridgehead atoms. The van der Waals surface area contributed by atoms with E-state index < -0.39 is 0 Å². The van der Waals surface area contributed by atoms with Crippen molar-refractivity contribution < 1.29 is 0 Å². The maximum absolute atomic E-state index is 5.74. The Kier molecular flexibility index (Phi) is 5.30. The number of hydrogen-bond donors (Lipinski definition) is 1. The highest BCUT2D eigenvalue weighted by Gasteiger charge is 1.97. The Labute approximate surface area is 77.2 Å². The molecule has 11 heavy (non-hydrogen) atoms. The van der Waals surface area contributed by atoms with Gasteiger partial charge in [0.2, 0.25) is 0 Å². The topological polar surface area (TPSA) is 26.0 Å². The van der Waals surface area contributed by atoms with E-state index in [2.05, 4.69) is 6.58 Å². The molecule has 3 heteroatoms. The van der Waals surface area contributed by atoms with E-state index in [1.165, 1.54) is 0 Å². The van der Waals surface area contributed by atoms with Crippen molar-refractivity contribution in [1.82, 2.24) is 0 Å². The van der Waals surface area contributed by atoms with Crippen molar-refractivity contribution in [1.29, 1.82) is 0 Å². The van der Waals surface area contributed by atoms with Gasteiger partial charge < -0.3 is 5.73 Å². The second kappa shape index (κ2) is 5.42. The maximum Gasteiger partial charge on any atom is 0.0589 e. The van der Waals surface area contributed by atoms with Gasteiger partial charge in [-0.1, -0.05) is 35.9 Å². The van der Waals surface area contributed by atoms with Gasteiger partial charge in [-0.25, -0.2) is 0 Å². The minimum absolute atomic E-state index is 0.0885. The van der Waals surface area contributed by atoms with E-state index >= 15 is 0 Å². The van der Waals surface area contributed by atoms with Crippen LogP contribution in [0.15, 0.2) is 34.9 Å². The van der Waals surface area contributed by atoms with E-state index in [4.69, 9.17) is 28.9 Å². The molecule has 0 aromatic rings. The summed E-state index contributed by atoms with van der Waals surface area (Å²) < 4.78 is 0. The average Bonchev–Trinajstić information content (AvgIpc) is 1.86. The van der Waals surface area contributed by atoms with Gasteiger partial charge >= 0.3 is 0 Å². The normalized spacial score (nSPS) is 16.4. The smallest absolute Gasteiger partial charge is 0.0589 e. The summed E-state index contributed by atoms with van der Waals surface area (Å²) in [5.74, 6) is 0. The minimum atomic E-state index is -0.0885. The molecule has 0 saturated heterocycles. The third-order valence-corrected chi connectivity index (χ3v) is 1.66. The first-order chi connectivity index (χ1) is 5.07. The van der Waals surface area contributed by atoms with Gasteiger partial charge in [0, 0.05) is 6.04 Å². The molecule has 1 unspecified atom stereocenters. The molecule has 0 amide bonds. The van der Waals surface area contributed by atoms with Crippen LogP contribution in [0.25, 0.3) is 0 Å². The zero-order chi connectivity index (χ0) is 8.85. The van der Waals surface area contributed by atoms with Crippen molar-refractivity contribution in [3.8, 4) is 0 Å². The fourth-order valence-electron chi connectivity index (χ4n) is 0.493. The molecule has 62 valence electrons. The Morgan fingerprint density at radius 2 is 2.00 bits per heavy atom. The highest BCUT2D eigenvalue weighted by molar-refractivity contribution is 6.44. The van der Waals surface area contributed by atoms with Crippen molar-refractivity contribution in [2.45, 2.75) is 13.0 Å². The van der Waals surface area contributed by atoms with Crippen LogP contribution in [-0.2, 0) is 0 Å². The summed E-state index contributed by atoms with van der Waals surface area (Å²) in [4.78, 5) is 0. The Bertz CT molecular complexity index is 192. The molecule has 0 saturated carbocycles. The van der Waals surface area contributed by atoms with Gasteiger partial charge in [-0.2, -0.15) is 0 Å². The van der Waals surface area contributed by atoms with Crippen molar-refractivity contribution in [2.75, 3.05) is 0 Å². The maximum atomic E-state index is 5.74. The summed E-state index contributed by atoms with van der Waals surface area (Å²) in [5, 5.41) is 0.917. The fraction of sp³-hybridized carbons (Fsp3) is 0.250. The van der Waals surface area contributed by atoms with Crippen molar-refractivity contribution >= 4 is 23.2 Å². The van der Waals surface area contributed by atoms with E-state index in [0.717, 1.165) is 0 Å². The molecule has 0 rings (SSSR count). The molecule has 0 radical (unpaired) electrons. The zero-order valence-electron chi connectivity index (χ0n) is 6.35. The first-order valence-electron chi connectivity index (χ1n) is 3.19. The second-order valence-corrected chi connectivity index (χ2v) is 2.94. The minimum Gasteiger partial charge on any atom is -0.325 e. The van der Waals surface area contributed by atoms with Gasteiger partial charge in [0.25, 0.3) is 0 Å². The lowest BCUT2D eigenvalue weighted by Crippen LogP contribution is -2.10. The van der Waals surface area contributed by atoms with Crippen LogP contribution in [0.4, 0.5) is 0 Å². The van der Waals surface area contributed by atoms with E-state index in [0.29, 0.717) is 10.1 Å². The van der Waals surface area contributed by atoms with Gasteiger partial charge in [0.05, 0.1) is 10.1 Å². The SMILES string of the molecule is C=C/C=C(Cl)\C(Cl)=C/C(C)N. The molecular formula is C8H11Cl2N.